The van der Waals surface area contributed by atoms with Crippen LogP contribution in [0.5, 0.6) is 0 Å². The first-order valence-corrected chi connectivity index (χ1v) is 6.49. The SMILES string of the molecule is CCCC[C@H](N)C(=O)Nc1cc(C(N)=O)ccc1Cl. The molecule has 0 radical (unpaired) electrons. The van der Waals surface area contributed by atoms with Gasteiger partial charge in [-0.25, -0.2) is 0 Å². The Balaban J connectivity index is 2.78. The van der Waals surface area contributed by atoms with Gasteiger partial charge >= 0.3 is 0 Å². The predicted octanol–water partition coefficient (Wildman–Crippen LogP) is 1.89. The van der Waals surface area contributed by atoms with Crippen LogP contribution in [0.15, 0.2) is 18.2 Å². The van der Waals surface area contributed by atoms with E-state index < -0.39 is 11.9 Å². The van der Waals surface area contributed by atoms with E-state index in [9.17, 15) is 9.59 Å². The molecule has 19 heavy (non-hydrogen) atoms. The van der Waals surface area contributed by atoms with Gasteiger partial charge in [0, 0.05) is 5.56 Å². The van der Waals surface area contributed by atoms with Crippen molar-refractivity contribution >= 4 is 29.1 Å². The summed E-state index contributed by atoms with van der Waals surface area (Å²) in [5, 5.41) is 2.94. The summed E-state index contributed by atoms with van der Waals surface area (Å²) in [6.07, 6.45) is 2.46. The van der Waals surface area contributed by atoms with Crippen LogP contribution in [0.4, 0.5) is 5.69 Å². The first-order chi connectivity index (χ1) is 8.95. The third-order valence-electron chi connectivity index (χ3n) is 2.71. The van der Waals surface area contributed by atoms with Gasteiger partial charge in [-0.3, -0.25) is 9.59 Å². The van der Waals surface area contributed by atoms with E-state index in [0.717, 1.165) is 12.8 Å². The minimum atomic E-state index is -0.590. The van der Waals surface area contributed by atoms with Crippen molar-refractivity contribution in [3.63, 3.8) is 0 Å². The minimum Gasteiger partial charge on any atom is -0.366 e. The molecule has 0 heterocycles. The summed E-state index contributed by atoms with van der Waals surface area (Å²) in [6.45, 7) is 2.03. The highest BCUT2D eigenvalue weighted by Gasteiger charge is 2.15. The van der Waals surface area contributed by atoms with Gasteiger partial charge in [0.05, 0.1) is 16.8 Å². The van der Waals surface area contributed by atoms with Gasteiger partial charge in [0.2, 0.25) is 11.8 Å². The zero-order valence-corrected chi connectivity index (χ0v) is 11.5. The molecule has 0 aliphatic carbocycles. The number of hydrogen-bond acceptors (Lipinski definition) is 3. The Hall–Kier alpha value is -1.59. The zero-order chi connectivity index (χ0) is 14.4. The normalized spacial score (nSPS) is 11.9. The minimum absolute atomic E-state index is 0.279. The van der Waals surface area contributed by atoms with Crippen molar-refractivity contribution in [2.24, 2.45) is 11.5 Å². The van der Waals surface area contributed by atoms with Crippen LogP contribution in [0.25, 0.3) is 0 Å². The summed E-state index contributed by atoms with van der Waals surface area (Å²) in [5.74, 6) is -0.903. The summed E-state index contributed by atoms with van der Waals surface area (Å²) in [4.78, 5) is 22.9. The second-order valence-corrected chi connectivity index (χ2v) is 4.70. The van der Waals surface area contributed by atoms with Gasteiger partial charge in [-0.15, -0.1) is 0 Å². The number of benzene rings is 1. The average molecular weight is 284 g/mol. The number of rotatable bonds is 6. The Morgan fingerprint density at radius 1 is 1.42 bits per heavy atom. The van der Waals surface area contributed by atoms with E-state index in [1.165, 1.54) is 18.2 Å². The molecule has 5 N–H and O–H groups in total. The lowest BCUT2D eigenvalue weighted by Crippen LogP contribution is -2.35. The van der Waals surface area contributed by atoms with Crippen LogP contribution in [0.1, 0.15) is 36.5 Å². The van der Waals surface area contributed by atoms with Crippen LogP contribution in [-0.2, 0) is 4.79 Å². The highest BCUT2D eigenvalue weighted by molar-refractivity contribution is 6.34. The summed E-state index contributed by atoms with van der Waals surface area (Å²) < 4.78 is 0. The highest BCUT2D eigenvalue weighted by Crippen LogP contribution is 2.23. The van der Waals surface area contributed by atoms with Crippen LogP contribution >= 0.6 is 11.6 Å². The smallest absolute Gasteiger partial charge is 0.248 e. The molecule has 1 aromatic carbocycles. The number of amides is 2. The molecular weight excluding hydrogens is 266 g/mol. The summed E-state index contributed by atoms with van der Waals surface area (Å²) in [6, 6.07) is 3.86. The van der Waals surface area contributed by atoms with Gasteiger partial charge in [0.1, 0.15) is 0 Å². The number of halogens is 1. The Kier molecular flexibility index (Phi) is 5.79. The van der Waals surface area contributed by atoms with E-state index >= 15 is 0 Å². The van der Waals surface area contributed by atoms with Crippen LogP contribution in [0.2, 0.25) is 5.02 Å². The van der Waals surface area contributed by atoms with E-state index in [1.54, 1.807) is 0 Å². The number of primary amides is 1. The molecule has 0 unspecified atom stereocenters. The number of carbonyl (C=O) groups excluding carboxylic acids is 2. The summed E-state index contributed by atoms with van der Waals surface area (Å²) in [5.41, 5.74) is 11.5. The van der Waals surface area contributed by atoms with Crippen LogP contribution in [0, 0.1) is 0 Å². The number of unbranched alkanes of at least 4 members (excludes halogenated alkanes) is 1. The molecule has 0 aromatic heterocycles. The van der Waals surface area contributed by atoms with Gasteiger partial charge in [-0.1, -0.05) is 31.4 Å². The molecule has 0 aliphatic rings. The third-order valence-corrected chi connectivity index (χ3v) is 3.04. The van der Waals surface area contributed by atoms with E-state index in [0.29, 0.717) is 17.1 Å². The molecule has 2 amide bonds. The summed E-state index contributed by atoms with van der Waals surface area (Å²) >= 11 is 5.95. The quantitative estimate of drug-likeness (QED) is 0.743. The lowest BCUT2D eigenvalue weighted by molar-refractivity contribution is -0.117. The molecule has 0 spiro atoms. The van der Waals surface area contributed by atoms with Crippen LogP contribution < -0.4 is 16.8 Å². The molecule has 1 aromatic rings. The molecule has 0 fully saturated rings. The van der Waals surface area contributed by atoms with Gasteiger partial charge < -0.3 is 16.8 Å². The predicted molar refractivity (Wildman–Crippen MR) is 76.1 cm³/mol. The maximum atomic E-state index is 11.8. The summed E-state index contributed by atoms with van der Waals surface area (Å²) in [7, 11) is 0. The van der Waals surface area contributed by atoms with Crippen molar-refractivity contribution in [3.05, 3.63) is 28.8 Å². The van der Waals surface area contributed by atoms with Crippen molar-refractivity contribution in [1.29, 1.82) is 0 Å². The fourth-order valence-corrected chi connectivity index (χ4v) is 1.72. The Bertz CT molecular complexity index is 477. The fraction of sp³-hybridized carbons (Fsp3) is 0.385. The molecule has 0 aliphatic heterocycles. The van der Waals surface area contributed by atoms with Crippen molar-refractivity contribution in [2.75, 3.05) is 5.32 Å². The number of carbonyl (C=O) groups is 2. The van der Waals surface area contributed by atoms with E-state index in [2.05, 4.69) is 5.32 Å². The molecule has 1 atom stereocenters. The molecule has 0 saturated heterocycles. The van der Waals surface area contributed by atoms with Crippen molar-refractivity contribution < 1.29 is 9.59 Å². The van der Waals surface area contributed by atoms with Crippen LogP contribution in [-0.4, -0.2) is 17.9 Å². The third kappa shape index (κ3) is 4.54. The van der Waals surface area contributed by atoms with Crippen LogP contribution in [0.3, 0.4) is 0 Å². The van der Waals surface area contributed by atoms with Gasteiger partial charge in [-0.05, 0) is 24.6 Å². The van der Waals surface area contributed by atoms with Crippen molar-refractivity contribution in [1.82, 2.24) is 0 Å². The van der Waals surface area contributed by atoms with Crippen molar-refractivity contribution in [2.45, 2.75) is 32.2 Å². The topological polar surface area (TPSA) is 98.2 Å². The van der Waals surface area contributed by atoms with E-state index in [4.69, 9.17) is 23.1 Å². The Labute approximate surface area is 117 Å². The van der Waals surface area contributed by atoms with Gasteiger partial charge in [0.25, 0.3) is 0 Å². The number of nitrogens with two attached hydrogens (primary N) is 2. The zero-order valence-electron chi connectivity index (χ0n) is 10.8. The first kappa shape index (κ1) is 15.5. The Morgan fingerprint density at radius 3 is 2.68 bits per heavy atom. The second-order valence-electron chi connectivity index (χ2n) is 4.30. The molecular formula is C13H18ClN3O2. The number of anilines is 1. The lowest BCUT2D eigenvalue weighted by atomic mass is 10.1. The number of nitrogens with one attached hydrogen (secondary N) is 1. The van der Waals surface area contributed by atoms with E-state index in [-0.39, 0.29) is 11.5 Å². The lowest BCUT2D eigenvalue weighted by Gasteiger charge is -2.13. The molecule has 6 heteroatoms. The Morgan fingerprint density at radius 2 is 2.11 bits per heavy atom. The first-order valence-electron chi connectivity index (χ1n) is 6.11. The monoisotopic (exact) mass is 283 g/mol. The van der Waals surface area contributed by atoms with E-state index in [1.807, 2.05) is 6.92 Å². The fourth-order valence-electron chi connectivity index (χ4n) is 1.55. The molecule has 5 nitrogen and oxygen atoms in total. The van der Waals surface area contributed by atoms with Crippen molar-refractivity contribution in [3.8, 4) is 0 Å². The molecule has 104 valence electrons. The highest BCUT2D eigenvalue weighted by atomic mass is 35.5. The maximum absolute atomic E-state index is 11.8. The second kappa shape index (κ2) is 7.11. The molecule has 1 rings (SSSR count). The molecule has 0 bridgehead atoms. The van der Waals surface area contributed by atoms with Gasteiger partial charge in [-0.2, -0.15) is 0 Å². The molecule has 0 saturated carbocycles. The standard InChI is InChI=1S/C13H18ClN3O2/c1-2-3-4-10(15)13(19)17-11-7-8(12(16)18)5-6-9(11)14/h5-7,10H,2-4,15H2,1H3,(H2,16,18)(H,17,19)/t10-/m0/s1. The number of hydrogen-bond donors (Lipinski definition) is 3. The largest absolute Gasteiger partial charge is 0.366 e. The maximum Gasteiger partial charge on any atom is 0.248 e. The average Bonchev–Trinajstić information content (AvgIpc) is 2.38. The van der Waals surface area contributed by atoms with Gasteiger partial charge in [0.15, 0.2) is 0 Å².